The highest BCUT2D eigenvalue weighted by Gasteiger charge is 2.16. The van der Waals surface area contributed by atoms with Gasteiger partial charge in [0.1, 0.15) is 5.75 Å². The Kier molecular flexibility index (Phi) is 4.89. The SMILES string of the molecule is CCOc1ccc(C(=O)N[C@@H](C)c2ccc3c(c2)CCC3)cc1C. The minimum absolute atomic E-state index is 0.00438. The first-order chi connectivity index (χ1) is 11.6. The molecule has 1 amide bonds. The number of carbonyl (C=O) groups is 1. The second-order valence-electron chi connectivity index (χ2n) is 6.49. The number of rotatable bonds is 5. The van der Waals surface area contributed by atoms with Crippen molar-refractivity contribution in [1.29, 1.82) is 0 Å². The lowest BCUT2D eigenvalue weighted by atomic mass is 10.0. The van der Waals surface area contributed by atoms with E-state index in [1.54, 1.807) is 0 Å². The summed E-state index contributed by atoms with van der Waals surface area (Å²) in [6.07, 6.45) is 3.58. The molecule has 1 aliphatic carbocycles. The maximum atomic E-state index is 12.5. The van der Waals surface area contributed by atoms with Crippen LogP contribution in [0, 0.1) is 6.92 Å². The molecule has 0 spiro atoms. The minimum atomic E-state index is -0.0471. The van der Waals surface area contributed by atoms with Gasteiger partial charge in [0.15, 0.2) is 0 Å². The van der Waals surface area contributed by atoms with Gasteiger partial charge < -0.3 is 10.1 Å². The highest BCUT2D eigenvalue weighted by molar-refractivity contribution is 5.94. The van der Waals surface area contributed by atoms with Crippen LogP contribution in [-0.2, 0) is 12.8 Å². The van der Waals surface area contributed by atoms with Crippen LogP contribution in [-0.4, -0.2) is 12.5 Å². The summed E-state index contributed by atoms with van der Waals surface area (Å²) in [7, 11) is 0. The highest BCUT2D eigenvalue weighted by Crippen LogP contribution is 2.26. The molecule has 0 saturated carbocycles. The average molecular weight is 323 g/mol. The zero-order valence-electron chi connectivity index (χ0n) is 14.7. The maximum absolute atomic E-state index is 12.5. The Bertz CT molecular complexity index is 751. The second kappa shape index (κ2) is 7.08. The van der Waals surface area contributed by atoms with Crippen LogP contribution in [0.4, 0.5) is 0 Å². The normalized spacial score (nSPS) is 14.1. The van der Waals surface area contributed by atoms with Crippen LogP contribution in [0.15, 0.2) is 36.4 Å². The lowest BCUT2D eigenvalue weighted by Crippen LogP contribution is -2.26. The maximum Gasteiger partial charge on any atom is 0.251 e. The van der Waals surface area contributed by atoms with Crippen LogP contribution in [0.1, 0.15) is 58.9 Å². The van der Waals surface area contributed by atoms with Gasteiger partial charge >= 0.3 is 0 Å². The number of hydrogen-bond acceptors (Lipinski definition) is 2. The fourth-order valence-electron chi connectivity index (χ4n) is 3.33. The molecule has 1 N–H and O–H groups in total. The first kappa shape index (κ1) is 16.6. The minimum Gasteiger partial charge on any atom is -0.494 e. The zero-order chi connectivity index (χ0) is 17.1. The molecule has 126 valence electrons. The molecule has 0 saturated heterocycles. The third-order valence-corrected chi connectivity index (χ3v) is 4.71. The summed E-state index contributed by atoms with van der Waals surface area (Å²) in [5.41, 5.74) is 5.72. The van der Waals surface area contributed by atoms with Crippen LogP contribution in [0.3, 0.4) is 0 Å². The van der Waals surface area contributed by atoms with Crippen LogP contribution >= 0.6 is 0 Å². The van der Waals surface area contributed by atoms with Crippen molar-refractivity contribution in [2.24, 2.45) is 0 Å². The van der Waals surface area contributed by atoms with Crippen LogP contribution < -0.4 is 10.1 Å². The van der Waals surface area contributed by atoms with Crippen LogP contribution in [0.25, 0.3) is 0 Å². The van der Waals surface area contributed by atoms with Crippen molar-refractivity contribution in [1.82, 2.24) is 5.32 Å². The Hall–Kier alpha value is -2.29. The molecule has 24 heavy (non-hydrogen) atoms. The quantitative estimate of drug-likeness (QED) is 0.887. The van der Waals surface area contributed by atoms with Crippen molar-refractivity contribution in [3.8, 4) is 5.75 Å². The van der Waals surface area contributed by atoms with E-state index in [1.165, 1.54) is 29.5 Å². The first-order valence-corrected chi connectivity index (χ1v) is 8.74. The molecule has 2 aromatic carbocycles. The van der Waals surface area contributed by atoms with Gasteiger partial charge in [0.25, 0.3) is 5.91 Å². The van der Waals surface area contributed by atoms with E-state index in [2.05, 4.69) is 23.5 Å². The number of amides is 1. The van der Waals surface area contributed by atoms with E-state index < -0.39 is 0 Å². The number of ether oxygens (including phenoxy) is 1. The topological polar surface area (TPSA) is 38.3 Å². The number of aryl methyl sites for hydroxylation is 3. The van der Waals surface area contributed by atoms with Crippen LogP contribution in [0.5, 0.6) is 5.75 Å². The molecule has 3 heteroatoms. The number of nitrogens with one attached hydrogen (secondary N) is 1. The van der Waals surface area contributed by atoms with Gasteiger partial charge in [0.2, 0.25) is 0 Å². The predicted octanol–water partition coefficient (Wildman–Crippen LogP) is 4.37. The lowest BCUT2D eigenvalue weighted by molar-refractivity contribution is 0.0939. The van der Waals surface area contributed by atoms with Crippen molar-refractivity contribution in [3.63, 3.8) is 0 Å². The van der Waals surface area contributed by atoms with Crippen molar-refractivity contribution >= 4 is 5.91 Å². The Balaban J connectivity index is 1.71. The monoisotopic (exact) mass is 323 g/mol. The third kappa shape index (κ3) is 3.45. The van der Waals surface area contributed by atoms with E-state index in [1.807, 2.05) is 39.0 Å². The summed E-state index contributed by atoms with van der Waals surface area (Å²) in [4.78, 5) is 12.5. The molecular weight excluding hydrogens is 298 g/mol. The summed E-state index contributed by atoms with van der Waals surface area (Å²) < 4.78 is 5.53. The predicted molar refractivity (Wildman–Crippen MR) is 96.7 cm³/mol. The van der Waals surface area contributed by atoms with Gasteiger partial charge in [-0.25, -0.2) is 0 Å². The summed E-state index contributed by atoms with van der Waals surface area (Å²) in [5.74, 6) is 0.787. The van der Waals surface area contributed by atoms with Gasteiger partial charge in [-0.05, 0) is 80.5 Å². The lowest BCUT2D eigenvalue weighted by Gasteiger charge is -2.16. The largest absolute Gasteiger partial charge is 0.494 e. The third-order valence-electron chi connectivity index (χ3n) is 4.71. The van der Waals surface area contributed by atoms with Crippen molar-refractivity contribution < 1.29 is 9.53 Å². The van der Waals surface area contributed by atoms with E-state index >= 15 is 0 Å². The molecule has 1 aliphatic rings. The molecule has 0 radical (unpaired) electrons. The fourth-order valence-corrected chi connectivity index (χ4v) is 3.33. The molecule has 1 atom stereocenters. The van der Waals surface area contributed by atoms with E-state index in [-0.39, 0.29) is 11.9 Å². The smallest absolute Gasteiger partial charge is 0.251 e. The van der Waals surface area contributed by atoms with Crippen LogP contribution in [0.2, 0.25) is 0 Å². The Morgan fingerprint density at radius 3 is 2.71 bits per heavy atom. The second-order valence-corrected chi connectivity index (χ2v) is 6.49. The number of carbonyl (C=O) groups excluding carboxylic acids is 1. The molecule has 0 heterocycles. The number of hydrogen-bond donors (Lipinski definition) is 1. The van der Waals surface area contributed by atoms with Gasteiger partial charge in [-0.2, -0.15) is 0 Å². The zero-order valence-corrected chi connectivity index (χ0v) is 14.7. The van der Waals surface area contributed by atoms with Gasteiger partial charge in [-0.15, -0.1) is 0 Å². The van der Waals surface area contributed by atoms with E-state index in [0.29, 0.717) is 12.2 Å². The molecular formula is C21H25NO2. The molecule has 0 aromatic heterocycles. The standard InChI is InChI=1S/C21H25NO2/c1-4-24-20-11-10-19(12-14(20)2)21(23)22-15(3)17-9-8-16-6-5-7-18(16)13-17/h8-13,15H,4-7H2,1-3H3,(H,22,23)/t15-/m0/s1. The van der Waals surface area contributed by atoms with Gasteiger partial charge in [-0.3, -0.25) is 4.79 Å². The molecule has 3 rings (SSSR count). The molecule has 0 unspecified atom stereocenters. The molecule has 0 fully saturated rings. The van der Waals surface area contributed by atoms with Crippen molar-refractivity contribution in [3.05, 3.63) is 64.2 Å². The Morgan fingerprint density at radius 2 is 1.96 bits per heavy atom. The number of fused-ring (bicyclic) bond motifs is 1. The first-order valence-electron chi connectivity index (χ1n) is 8.74. The van der Waals surface area contributed by atoms with E-state index in [0.717, 1.165) is 17.7 Å². The summed E-state index contributed by atoms with van der Waals surface area (Å²) in [6.45, 7) is 6.59. The summed E-state index contributed by atoms with van der Waals surface area (Å²) in [5, 5.41) is 3.10. The highest BCUT2D eigenvalue weighted by atomic mass is 16.5. The van der Waals surface area contributed by atoms with Gasteiger partial charge in [0.05, 0.1) is 12.6 Å². The van der Waals surface area contributed by atoms with E-state index in [4.69, 9.17) is 4.74 Å². The molecule has 2 aromatic rings. The molecule has 3 nitrogen and oxygen atoms in total. The summed E-state index contributed by atoms with van der Waals surface area (Å²) >= 11 is 0. The van der Waals surface area contributed by atoms with Gasteiger partial charge in [0, 0.05) is 5.56 Å². The Labute approximate surface area is 144 Å². The summed E-state index contributed by atoms with van der Waals surface area (Å²) in [6, 6.07) is 12.2. The van der Waals surface area contributed by atoms with Crippen molar-refractivity contribution in [2.75, 3.05) is 6.61 Å². The fraction of sp³-hybridized carbons (Fsp3) is 0.381. The van der Waals surface area contributed by atoms with Gasteiger partial charge in [-0.1, -0.05) is 18.2 Å². The average Bonchev–Trinajstić information content (AvgIpc) is 3.04. The van der Waals surface area contributed by atoms with E-state index in [9.17, 15) is 4.79 Å². The Morgan fingerprint density at radius 1 is 1.17 bits per heavy atom. The molecule has 0 bridgehead atoms. The number of benzene rings is 2. The molecule has 0 aliphatic heterocycles. The van der Waals surface area contributed by atoms with Crippen molar-refractivity contribution in [2.45, 2.75) is 46.1 Å².